The number of aromatic nitrogens is 3. The zero-order valence-electron chi connectivity index (χ0n) is 15.7. The molecule has 4 rings (SSSR count). The van der Waals surface area contributed by atoms with E-state index in [0.29, 0.717) is 35.7 Å². The molecule has 1 unspecified atom stereocenters. The first-order chi connectivity index (χ1) is 13.9. The van der Waals surface area contributed by atoms with Crippen molar-refractivity contribution in [3.8, 4) is 0 Å². The number of thiophene rings is 1. The third-order valence-electron chi connectivity index (χ3n) is 4.83. The van der Waals surface area contributed by atoms with E-state index in [9.17, 15) is 9.18 Å². The second-order valence-electron chi connectivity index (χ2n) is 6.82. The van der Waals surface area contributed by atoms with Gasteiger partial charge in [0.15, 0.2) is 0 Å². The van der Waals surface area contributed by atoms with E-state index in [0.717, 1.165) is 16.0 Å². The Bertz CT molecular complexity index is 1120. The quantitative estimate of drug-likeness (QED) is 0.687. The molecule has 0 spiro atoms. The van der Waals surface area contributed by atoms with Crippen LogP contribution in [0.5, 0.6) is 0 Å². The minimum absolute atomic E-state index is 0.283. The normalized spacial score (nSPS) is 16.8. The smallest absolute Gasteiger partial charge is 0.335 e. The zero-order chi connectivity index (χ0) is 20.5. The first kappa shape index (κ1) is 19.8. The van der Waals surface area contributed by atoms with Gasteiger partial charge in [0, 0.05) is 24.0 Å². The first-order valence-corrected chi connectivity index (χ1v) is 10.3. The van der Waals surface area contributed by atoms with Crippen molar-refractivity contribution in [2.75, 3.05) is 18.0 Å². The van der Waals surface area contributed by atoms with Crippen molar-refractivity contribution >= 4 is 34.5 Å². The van der Waals surface area contributed by atoms with Crippen molar-refractivity contribution in [3.63, 3.8) is 0 Å². The van der Waals surface area contributed by atoms with Crippen molar-refractivity contribution in [2.45, 2.75) is 19.5 Å². The van der Waals surface area contributed by atoms with Crippen LogP contribution in [0.4, 0.5) is 10.3 Å². The van der Waals surface area contributed by atoms with Crippen LogP contribution in [0.2, 0.25) is 4.34 Å². The van der Waals surface area contributed by atoms with Crippen LogP contribution >= 0.6 is 22.9 Å². The molecule has 3 aromatic rings. The lowest BCUT2D eigenvalue weighted by molar-refractivity contribution is 0.627. The molecule has 9 heteroatoms. The molecule has 150 valence electrons. The minimum Gasteiger partial charge on any atom is -0.335 e. The molecule has 29 heavy (non-hydrogen) atoms. The third-order valence-corrected chi connectivity index (χ3v) is 6.05. The standard InChI is InChI=1S/C20H19ClFN5OS/c1-12-24-19(25-20(28)27(12)10-15-6-7-18(21)29-15)26-9-8-16(17(23)11-26)13-2-4-14(22)5-3-13/h2-8,17H,9-11,23H2,1H3. The molecule has 1 atom stereocenters. The molecule has 1 aromatic carbocycles. The van der Waals surface area contributed by atoms with E-state index in [-0.39, 0.29) is 17.5 Å². The Hall–Kier alpha value is -2.55. The summed E-state index contributed by atoms with van der Waals surface area (Å²) in [5, 5.41) is 0. The second kappa shape index (κ2) is 8.06. The molecular formula is C20H19ClFN5OS. The second-order valence-corrected chi connectivity index (χ2v) is 8.62. The number of hydrogen-bond acceptors (Lipinski definition) is 6. The van der Waals surface area contributed by atoms with Gasteiger partial charge in [-0.1, -0.05) is 29.8 Å². The van der Waals surface area contributed by atoms with Gasteiger partial charge in [-0.25, -0.2) is 9.18 Å². The highest BCUT2D eigenvalue weighted by atomic mass is 35.5. The Kier molecular flexibility index (Phi) is 5.49. The summed E-state index contributed by atoms with van der Waals surface area (Å²) in [6.07, 6.45) is 1.97. The van der Waals surface area contributed by atoms with Crippen molar-refractivity contribution in [1.82, 2.24) is 14.5 Å². The van der Waals surface area contributed by atoms with Crippen molar-refractivity contribution < 1.29 is 4.39 Å². The van der Waals surface area contributed by atoms with E-state index in [1.54, 1.807) is 25.1 Å². The Labute approximate surface area is 176 Å². The van der Waals surface area contributed by atoms with Crippen LogP contribution in [0.15, 0.2) is 47.3 Å². The van der Waals surface area contributed by atoms with Gasteiger partial charge in [-0.2, -0.15) is 9.97 Å². The number of rotatable bonds is 4. The summed E-state index contributed by atoms with van der Waals surface area (Å²) < 4.78 is 15.4. The molecule has 0 bridgehead atoms. The molecule has 0 aliphatic carbocycles. The largest absolute Gasteiger partial charge is 0.352 e. The molecular weight excluding hydrogens is 413 g/mol. The van der Waals surface area contributed by atoms with E-state index in [2.05, 4.69) is 9.97 Å². The van der Waals surface area contributed by atoms with Crippen LogP contribution < -0.4 is 16.3 Å². The maximum absolute atomic E-state index is 13.2. The summed E-state index contributed by atoms with van der Waals surface area (Å²) in [7, 11) is 0. The molecule has 0 saturated carbocycles. The number of nitrogens with zero attached hydrogens (tertiary/aromatic N) is 4. The molecule has 1 aliphatic heterocycles. The Morgan fingerprint density at radius 2 is 2.00 bits per heavy atom. The fraction of sp³-hybridized carbons (Fsp3) is 0.250. The van der Waals surface area contributed by atoms with Crippen molar-refractivity contribution in [2.24, 2.45) is 5.73 Å². The van der Waals surface area contributed by atoms with E-state index in [4.69, 9.17) is 17.3 Å². The van der Waals surface area contributed by atoms with Crippen LogP contribution in [-0.2, 0) is 6.54 Å². The molecule has 0 fully saturated rings. The van der Waals surface area contributed by atoms with Gasteiger partial charge in [-0.15, -0.1) is 11.3 Å². The fourth-order valence-corrected chi connectivity index (χ4v) is 4.41. The van der Waals surface area contributed by atoms with Crippen LogP contribution in [0.25, 0.3) is 5.57 Å². The number of benzene rings is 1. The Morgan fingerprint density at radius 1 is 1.24 bits per heavy atom. The SMILES string of the molecule is Cc1nc(N2CC=C(c3ccc(F)cc3)C(N)C2)nc(=O)n1Cc1ccc(Cl)s1. The van der Waals surface area contributed by atoms with Gasteiger partial charge < -0.3 is 10.6 Å². The molecule has 2 aromatic heterocycles. The molecule has 2 N–H and O–H groups in total. The van der Waals surface area contributed by atoms with E-state index < -0.39 is 0 Å². The third kappa shape index (κ3) is 4.24. The highest BCUT2D eigenvalue weighted by Crippen LogP contribution is 2.24. The van der Waals surface area contributed by atoms with Gasteiger partial charge >= 0.3 is 5.69 Å². The number of hydrogen-bond donors (Lipinski definition) is 1. The summed E-state index contributed by atoms with van der Waals surface area (Å²) in [5.41, 5.74) is 7.81. The Morgan fingerprint density at radius 3 is 2.62 bits per heavy atom. The van der Waals surface area contributed by atoms with Crippen molar-refractivity contribution in [1.29, 1.82) is 0 Å². The van der Waals surface area contributed by atoms with Crippen LogP contribution in [0.3, 0.4) is 0 Å². The average molecular weight is 432 g/mol. The number of aryl methyl sites for hydroxylation is 1. The summed E-state index contributed by atoms with van der Waals surface area (Å²) in [5.74, 6) is 0.652. The molecule has 6 nitrogen and oxygen atoms in total. The summed E-state index contributed by atoms with van der Waals surface area (Å²) in [4.78, 5) is 24.1. The lowest BCUT2D eigenvalue weighted by Gasteiger charge is -2.31. The highest BCUT2D eigenvalue weighted by Gasteiger charge is 2.23. The fourth-order valence-electron chi connectivity index (χ4n) is 3.34. The van der Waals surface area contributed by atoms with Gasteiger partial charge in [0.25, 0.3) is 0 Å². The van der Waals surface area contributed by atoms with Gasteiger partial charge in [0.1, 0.15) is 11.6 Å². The summed E-state index contributed by atoms with van der Waals surface area (Å²) in [6, 6.07) is 9.67. The monoisotopic (exact) mass is 431 g/mol. The molecule has 0 radical (unpaired) electrons. The van der Waals surface area contributed by atoms with Gasteiger partial charge in [-0.05, 0) is 42.3 Å². The van der Waals surface area contributed by atoms with Crippen LogP contribution in [-0.4, -0.2) is 33.7 Å². The maximum atomic E-state index is 13.2. The van der Waals surface area contributed by atoms with Crippen LogP contribution in [0, 0.1) is 12.7 Å². The maximum Gasteiger partial charge on any atom is 0.352 e. The average Bonchev–Trinajstić information content (AvgIpc) is 3.10. The number of anilines is 1. The van der Waals surface area contributed by atoms with Crippen LogP contribution in [0.1, 0.15) is 16.3 Å². The predicted octanol–water partition coefficient (Wildman–Crippen LogP) is 3.08. The lowest BCUT2D eigenvalue weighted by Crippen LogP contribution is -2.44. The van der Waals surface area contributed by atoms with Gasteiger partial charge in [0.2, 0.25) is 5.95 Å². The zero-order valence-corrected chi connectivity index (χ0v) is 17.3. The van der Waals surface area contributed by atoms with Gasteiger partial charge in [0.05, 0.1) is 10.9 Å². The molecule has 3 heterocycles. The summed E-state index contributed by atoms with van der Waals surface area (Å²) in [6.45, 7) is 3.15. The van der Waals surface area contributed by atoms with Gasteiger partial charge in [-0.3, -0.25) is 4.57 Å². The lowest BCUT2D eigenvalue weighted by atomic mass is 9.95. The summed E-state index contributed by atoms with van der Waals surface area (Å²) >= 11 is 7.39. The van der Waals surface area contributed by atoms with E-state index in [1.807, 2.05) is 17.0 Å². The minimum atomic E-state index is -0.362. The molecule has 0 amide bonds. The highest BCUT2D eigenvalue weighted by molar-refractivity contribution is 7.16. The molecule has 0 saturated heterocycles. The predicted molar refractivity (Wildman–Crippen MR) is 114 cm³/mol. The van der Waals surface area contributed by atoms with E-state index in [1.165, 1.54) is 28.0 Å². The van der Waals surface area contributed by atoms with E-state index >= 15 is 0 Å². The topological polar surface area (TPSA) is 77.0 Å². The first-order valence-electron chi connectivity index (χ1n) is 9.07. The Balaban J connectivity index is 1.56. The molecule has 1 aliphatic rings. The van der Waals surface area contributed by atoms with Crippen molar-refractivity contribution in [3.05, 3.63) is 79.4 Å². The number of nitrogens with two attached hydrogens (primary N) is 1. The number of halogens is 2.